The molecule has 1 aliphatic rings. The second kappa shape index (κ2) is 10.2. The number of morpholine rings is 1. The van der Waals surface area contributed by atoms with E-state index in [-0.39, 0.29) is 5.69 Å². The van der Waals surface area contributed by atoms with Gasteiger partial charge in [-0.05, 0) is 42.7 Å². The highest BCUT2D eigenvalue weighted by Crippen LogP contribution is 2.11. The van der Waals surface area contributed by atoms with Gasteiger partial charge in [-0.25, -0.2) is 4.79 Å². The van der Waals surface area contributed by atoms with E-state index >= 15 is 0 Å². The second-order valence-corrected chi connectivity index (χ2v) is 7.44. The van der Waals surface area contributed by atoms with Gasteiger partial charge in [0.1, 0.15) is 12.1 Å². The molecule has 0 spiro atoms. The number of hydrogen-bond acceptors (Lipinski definition) is 5. The summed E-state index contributed by atoms with van der Waals surface area (Å²) in [7, 11) is 0. The van der Waals surface area contributed by atoms with Crippen molar-refractivity contribution in [2.75, 3.05) is 32.9 Å². The fourth-order valence-electron chi connectivity index (χ4n) is 3.52. The van der Waals surface area contributed by atoms with Crippen molar-refractivity contribution in [1.82, 2.24) is 19.2 Å². The van der Waals surface area contributed by atoms with E-state index in [1.165, 1.54) is 10.2 Å². The van der Waals surface area contributed by atoms with Crippen LogP contribution >= 0.6 is 0 Å². The zero-order valence-electron chi connectivity index (χ0n) is 17.2. The fourth-order valence-corrected chi connectivity index (χ4v) is 3.52. The van der Waals surface area contributed by atoms with Crippen LogP contribution in [0.5, 0.6) is 5.75 Å². The molecule has 3 aromatic rings. The molecule has 0 bridgehead atoms. The number of nitrogens with zero attached hydrogens (tertiary/aromatic N) is 4. The summed E-state index contributed by atoms with van der Waals surface area (Å²) in [6.07, 6.45) is 3.35. The Balaban J connectivity index is 1.27. The Morgan fingerprint density at radius 3 is 2.50 bits per heavy atom. The van der Waals surface area contributed by atoms with Crippen LogP contribution in [0.15, 0.2) is 65.7 Å². The van der Waals surface area contributed by atoms with Crippen molar-refractivity contribution in [3.05, 3.63) is 77.0 Å². The Morgan fingerprint density at radius 2 is 1.73 bits per heavy atom. The van der Waals surface area contributed by atoms with Crippen LogP contribution in [-0.2, 0) is 17.8 Å². The molecule has 0 N–H and O–H groups in total. The van der Waals surface area contributed by atoms with Crippen LogP contribution < -0.4 is 10.4 Å². The van der Waals surface area contributed by atoms with E-state index in [1.54, 1.807) is 10.9 Å². The average Bonchev–Trinajstić information content (AvgIpc) is 3.16. The van der Waals surface area contributed by atoms with Crippen molar-refractivity contribution < 1.29 is 9.47 Å². The van der Waals surface area contributed by atoms with E-state index in [0.717, 1.165) is 57.1 Å². The lowest BCUT2D eigenvalue weighted by atomic mass is 10.2. The summed E-state index contributed by atoms with van der Waals surface area (Å²) in [5.74, 6) is 0.875. The average molecular weight is 409 g/mol. The lowest BCUT2D eigenvalue weighted by Gasteiger charge is -2.26. The van der Waals surface area contributed by atoms with Crippen LogP contribution in [0.3, 0.4) is 0 Å². The van der Waals surface area contributed by atoms with Crippen molar-refractivity contribution in [2.45, 2.75) is 25.9 Å². The summed E-state index contributed by atoms with van der Waals surface area (Å²) < 4.78 is 14.2. The molecule has 2 aromatic carbocycles. The monoisotopic (exact) mass is 408 g/mol. The summed E-state index contributed by atoms with van der Waals surface area (Å²) in [5.41, 5.74) is 1.91. The number of hydrogen-bond donors (Lipinski definition) is 0. The predicted octanol–water partition coefficient (Wildman–Crippen LogP) is 2.73. The molecule has 7 nitrogen and oxygen atoms in total. The maximum absolute atomic E-state index is 12.7. The zero-order valence-corrected chi connectivity index (χ0v) is 17.2. The Bertz CT molecular complexity index is 960. The first kappa shape index (κ1) is 20.4. The normalized spacial score (nSPS) is 14.7. The second-order valence-electron chi connectivity index (χ2n) is 7.44. The standard InChI is InChI=1S/C23H28N4O3/c28-23-26(12-4-5-15-30-22-6-2-1-3-7-22)19-24-27(23)21-10-8-20(9-11-21)18-25-13-16-29-17-14-25/h1-3,6-11,19H,4-5,12-18H2. The molecule has 1 saturated heterocycles. The lowest BCUT2D eigenvalue weighted by molar-refractivity contribution is 0.0342. The summed E-state index contributed by atoms with van der Waals surface area (Å²) >= 11 is 0. The van der Waals surface area contributed by atoms with Gasteiger partial charge >= 0.3 is 5.69 Å². The minimum absolute atomic E-state index is 0.111. The quantitative estimate of drug-likeness (QED) is 0.510. The van der Waals surface area contributed by atoms with Gasteiger partial charge in [-0.1, -0.05) is 30.3 Å². The minimum atomic E-state index is -0.111. The molecule has 0 unspecified atom stereocenters. The highest BCUT2D eigenvalue weighted by Gasteiger charge is 2.11. The molecule has 0 aliphatic carbocycles. The summed E-state index contributed by atoms with van der Waals surface area (Å²) in [6, 6.07) is 17.8. The van der Waals surface area contributed by atoms with Gasteiger partial charge in [0.25, 0.3) is 0 Å². The molecule has 0 amide bonds. The SMILES string of the molecule is O=c1n(CCCCOc2ccccc2)cnn1-c1ccc(CN2CCOCC2)cc1. The van der Waals surface area contributed by atoms with Crippen molar-refractivity contribution in [3.8, 4) is 11.4 Å². The van der Waals surface area contributed by atoms with Crippen LogP contribution in [-0.4, -0.2) is 52.2 Å². The predicted molar refractivity (Wildman–Crippen MR) is 115 cm³/mol. The van der Waals surface area contributed by atoms with E-state index in [0.29, 0.717) is 13.2 Å². The first-order valence-corrected chi connectivity index (χ1v) is 10.5. The van der Waals surface area contributed by atoms with Gasteiger partial charge in [0.2, 0.25) is 0 Å². The van der Waals surface area contributed by atoms with Crippen molar-refractivity contribution in [2.24, 2.45) is 0 Å². The van der Waals surface area contributed by atoms with Crippen molar-refractivity contribution >= 4 is 0 Å². The molecule has 1 fully saturated rings. The third kappa shape index (κ3) is 5.37. The number of aromatic nitrogens is 3. The van der Waals surface area contributed by atoms with Gasteiger partial charge in [0.05, 0.1) is 25.5 Å². The van der Waals surface area contributed by atoms with Crippen LogP contribution in [0.4, 0.5) is 0 Å². The van der Waals surface area contributed by atoms with E-state index in [1.807, 2.05) is 42.5 Å². The molecule has 4 rings (SSSR count). The van der Waals surface area contributed by atoms with Crippen molar-refractivity contribution in [3.63, 3.8) is 0 Å². The number of benzene rings is 2. The maximum Gasteiger partial charge on any atom is 0.350 e. The molecule has 158 valence electrons. The van der Waals surface area contributed by atoms with Crippen LogP contribution in [0.2, 0.25) is 0 Å². The molecule has 2 heterocycles. The van der Waals surface area contributed by atoms with E-state index in [9.17, 15) is 4.79 Å². The maximum atomic E-state index is 12.7. The molecule has 1 aliphatic heterocycles. The summed E-state index contributed by atoms with van der Waals surface area (Å²) in [5, 5.41) is 4.29. The van der Waals surface area contributed by atoms with Crippen LogP contribution in [0.25, 0.3) is 5.69 Å². The smallest absolute Gasteiger partial charge is 0.350 e. The van der Waals surface area contributed by atoms with E-state index < -0.39 is 0 Å². The molecular formula is C23H28N4O3. The topological polar surface area (TPSA) is 61.5 Å². The van der Waals surface area contributed by atoms with Gasteiger partial charge in [0, 0.05) is 26.2 Å². The molecule has 0 saturated carbocycles. The number of rotatable bonds is 9. The Kier molecular flexibility index (Phi) is 6.95. The summed E-state index contributed by atoms with van der Waals surface area (Å²) in [4.78, 5) is 15.0. The zero-order chi connectivity index (χ0) is 20.6. The third-order valence-corrected chi connectivity index (χ3v) is 5.23. The molecule has 0 radical (unpaired) electrons. The van der Waals surface area contributed by atoms with Gasteiger partial charge in [-0.2, -0.15) is 9.78 Å². The molecular weight excluding hydrogens is 380 g/mol. The van der Waals surface area contributed by atoms with Crippen LogP contribution in [0.1, 0.15) is 18.4 Å². The van der Waals surface area contributed by atoms with Gasteiger partial charge in [0.15, 0.2) is 0 Å². The van der Waals surface area contributed by atoms with Gasteiger partial charge in [-0.3, -0.25) is 9.47 Å². The van der Waals surface area contributed by atoms with E-state index in [4.69, 9.17) is 9.47 Å². The molecule has 7 heteroatoms. The highest BCUT2D eigenvalue weighted by molar-refractivity contribution is 5.33. The molecule has 0 atom stereocenters. The largest absolute Gasteiger partial charge is 0.494 e. The minimum Gasteiger partial charge on any atom is -0.494 e. The van der Waals surface area contributed by atoms with Crippen LogP contribution in [0, 0.1) is 0 Å². The number of unbranched alkanes of at least 4 members (excludes halogenated alkanes) is 1. The van der Waals surface area contributed by atoms with Crippen molar-refractivity contribution in [1.29, 1.82) is 0 Å². The number of aryl methyl sites for hydroxylation is 1. The first-order valence-electron chi connectivity index (χ1n) is 10.5. The highest BCUT2D eigenvalue weighted by atomic mass is 16.5. The Hall–Kier alpha value is -2.90. The molecule has 1 aromatic heterocycles. The van der Waals surface area contributed by atoms with Gasteiger partial charge in [-0.15, -0.1) is 0 Å². The Morgan fingerprint density at radius 1 is 0.967 bits per heavy atom. The number of ether oxygens (including phenoxy) is 2. The van der Waals surface area contributed by atoms with E-state index in [2.05, 4.69) is 22.1 Å². The first-order chi connectivity index (χ1) is 14.8. The summed E-state index contributed by atoms with van der Waals surface area (Å²) in [6.45, 7) is 5.68. The Labute approximate surface area is 176 Å². The lowest BCUT2D eigenvalue weighted by Crippen LogP contribution is -2.35. The molecule has 30 heavy (non-hydrogen) atoms. The fraction of sp³-hybridized carbons (Fsp3) is 0.391. The van der Waals surface area contributed by atoms with Gasteiger partial charge < -0.3 is 9.47 Å². The number of para-hydroxylation sites is 1. The third-order valence-electron chi connectivity index (χ3n) is 5.23.